The summed E-state index contributed by atoms with van der Waals surface area (Å²) in [7, 11) is 0. The van der Waals surface area contributed by atoms with Gasteiger partial charge in [-0.05, 0) is 17.5 Å². The molecule has 3 heterocycles. The van der Waals surface area contributed by atoms with Crippen molar-refractivity contribution in [2.45, 2.75) is 57.3 Å². The fraction of sp³-hybridized carbons (Fsp3) is 0.357. The van der Waals surface area contributed by atoms with E-state index in [9.17, 15) is 24.3 Å². The van der Waals surface area contributed by atoms with Gasteiger partial charge in [0.25, 0.3) is 0 Å². The number of benzene rings is 1. The van der Waals surface area contributed by atoms with Crippen LogP contribution in [0.25, 0.3) is 10.9 Å². The van der Waals surface area contributed by atoms with E-state index >= 15 is 0 Å². The first-order valence-electron chi connectivity index (χ1n) is 13.5. The second-order valence-electron chi connectivity index (χ2n) is 10.4. The minimum absolute atomic E-state index is 0.0340. The van der Waals surface area contributed by atoms with Crippen LogP contribution < -0.4 is 21.7 Å². The van der Waals surface area contributed by atoms with Crippen molar-refractivity contribution in [3.63, 3.8) is 0 Å². The zero-order valence-electron chi connectivity index (χ0n) is 23.3. The summed E-state index contributed by atoms with van der Waals surface area (Å²) in [6.07, 6.45) is 7.89. The van der Waals surface area contributed by atoms with Crippen LogP contribution in [0, 0.1) is 5.92 Å². The van der Waals surface area contributed by atoms with Crippen LogP contribution in [0.2, 0.25) is 0 Å². The lowest BCUT2D eigenvalue weighted by Gasteiger charge is -2.27. The summed E-state index contributed by atoms with van der Waals surface area (Å²) in [4.78, 5) is 68.6. The summed E-state index contributed by atoms with van der Waals surface area (Å²) in [5, 5.41) is 18.6. The molecule has 0 aliphatic carbocycles. The SMILES string of the molecule is CC(C)C(NC(=O)C(N)Cc1cnc[nH]1)C(=O)NC(Cc1c[nH]c2ccccc12)C(=O)NC(Cc1cnc[nH]1)C(=O)O. The number of para-hydroxylation sites is 1. The van der Waals surface area contributed by atoms with E-state index in [2.05, 4.69) is 40.9 Å². The van der Waals surface area contributed by atoms with Crippen molar-refractivity contribution < 1.29 is 24.3 Å². The summed E-state index contributed by atoms with van der Waals surface area (Å²) < 4.78 is 0. The van der Waals surface area contributed by atoms with Crippen molar-refractivity contribution in [3.8, 4) is 0 Å². The molecule has 14 heteroatoms. The number of nitrogens with zero attached hydrogens (tertiary/aromatic N) is 2. The molecule has 3 aromatic heterocycles. The topological polar surface area (TPSA) is 224 Å². The minimum Gasteiger partial charge on any atom is -0.480 e. The van der Waals surface area contributed by atoms with Gasteiger partial charge < -0.3 is 41.7 Å². The van der Waals surface area contributed by atoms with Gasteiger partial charge in [-0.3, -0.25) is 14.4 Å². The van der Waals surface area contributed by atoms with Crippen LogP contribution in [0.3, 0.4) is 0 Å². The maximum atomic E-state index is 13.5. The van der Waals surface area contributed by atoms with Crippen LogP contribution >= 0.6 is 0 Å². The first kappa shape index (κ1) is 30.0. The van der Waals surface area contributed by atoms with Gasteiger partial charge >= 0.3 is 5.97 Å². The third-order valence-corrected chi connectivity index (χ3v) is 6.90. The Kier molecular flexibility index (Phi) is 9.70. The second kappa shape index (κ2) is 13.6. The maximum absolute atomic E-state index is 13.5. The summed E-state index contributed by atoms with van der Waals surface area (Å²) in [6.45, 7) is 3.51. The normalized spacial score (nSPS) is 14.2. The quantitative estimate of drug-likeness (QED) is 0.103. The van der Waals surface area contributed by atoms with Crippen LogP contribution in [0.5, 0.6) is 0 Å². The predicted octanol–water partition coefficient (Wildman–Crippen LogP) is 0.164. The predicted molar refractivity (Wildman–Crippen MR) is 153 cm³/mol. The summed E-state index contributed by atoms with van der Waals surface area (Å²) in [5.41, 5.74) is 8.85. The summed E-state index contributed by atoms with van der Waals surface area (Å²) in [6, 6.07) is 3.11. The molecular formula is C28H35N9O5. The largest absolute Gasteiger partial charge is 0.480 e. The molecular weight excluding hydrogens is 542 g/mol. The molecule has 1 aromatic carbocycles. The number of carbonyl (C=O) groups excluding carboxylic acids is 3. The standard InChI is InChI=1S/C28H35N9O5/c1-15(2)24(37-25(38)20(29)8-17-11-30-13-33-17)27(40)35-22(7-16-10-32-21-6-4-3-5-19(16)21)26(39)36-23(28(41)42)9-18-12-31-14-34-18/h3-6,10-15,20,22-24,32H,7-9,29H2,1-2H3,(H,30,33)(H,31,34)(H,35,40)(H,36,39)(H,37,38)(H,41,42). The molecule has 0 radical (unpaired) electrons. The zero-order valence-corrected chi connectivity index (χ0v) is 23.3. The molecule has 42 heavy (non-hydrogen) atoms. The van der Waals surface area contributed by atoms with Gasteiger partial charge in [-0.2, -0.15) is 0 Å². The average Bonchev–Trinajstić information content (AvgIpc) is 3.74. The van der Waals surface area contributed by atoms with E-state index in [0.29, 0.717) is 11.4 Å². The van der Waals surface area contributed by atoms with Gasteiger partial charge in [0.05, 0.1) is 18.7 Å². The summed E-state index contributed by atoms with van der Waals surface area (Å²) >= 11 is 0. The van der Waals surface area contributed by atoms with Crippen molar-refractivity contribution >= 4 is 34.6 Å². The van der Waals surface area contributed by atoms with Gasteiger partial charge in [-0.1, -0.05) is 32.0 Å². The smallest absolute Gasteiger partial charge is 0.326 e. The molecule has 0 saturated carbocycles. The van der Waals surface area contributed by atoms with Gasteiger partial charge in [0.2, 0.25) is 17.7 Å². The van der Waals surface area contributed by atoms with Gasteiger partial charge in [-0.15, -0.1) is 0 Å². The molecule has 0 fully saturated rings. The van der Waals surface area contributed by atoms with E-state index in [1.165, 1.54) is 18.9 Å². The lowest BCUT2D eigenvalue weighted by atomic mass is 9.99. The summed E-state index contributed by atoms with van der Waals surface area (Å²) in [5.74, 6) is -3.43. The van der Waals surface area contributed by atoms with Crippen molar-refractivity contribution in [3.05, 3.63) is 72.5 Å². The fourth-order valence-corrected chi connectivity index (χ4v) is 4.60. The molecule has 9 N–H and O–H groups in total. The Hall–Kier alpha value is -4.98. The number of nitrogens with one attached hydrogen (secondary N) is 6. The zero-order chi connectivity index (χ0) is 30.2. The number of amides is 3. The van der Waals surface area contributed by atoms with E-state index in [0.717, 1.165) is 16.5 Å². The molecule has 4 unspecified atom stereocenters. The number of hydrogen-bond donors (Lipinski definition) is 8. The monoisotopic (exact) mass is 577 g/mol. The number of aromatic nitrogens is 5. The number of rotatable bonds is 14. The highest BCUT2D eigenvalue weighted by Crippen LogP contribution is 2.19. The number of hydrogen-bond acceptors (Lipinski definition) is 7. The first-order chi connectivity index (χ1) is 20.1. The van der Waals surface area contributed by atoms with E-state index < -0.39 is 47.9 Å². The average molecular weight is 578 g/mol. The molecule has 14 nitrogen and oxygen atoms in total. The number of imidazole rings is 2. The molecule has 3 amide bonds. The van der Waals surface area contributed by atoms with Crippen molar-refractivity contribution in [1.82, 2.24) is 40.9 Å². The van der Waals surface area contributed by atoms with Crippen LogP contribution in [0.1, 0.15) is 30.8 Å². The molecule has 0 spiro atoms. The van der Waals surface area contributed by atoms with Crippen molar-refractivity contribution in [1.29, 1.82) is 0 Å². The van der Waals surface area contributed by atoms with Gasteiger partial charge in [-0.25, -0.2) is 14.8 Å². The molecule has 0 aliphatic heterocycles. The lowest BCUT2D eigenvalue weighted by Crippen LogP contribution is -2.59. The van der Waals surface area contributed by atoms with Crippen LogP contribution in [0.15, 0.2) is 55.5 Å². The Morgan fingerprint density at radius 3 is 2.10 bits per heavy atom. The van der Waals surface area contributed by atoms with Crippen LogP contribution in [0.4, 0.5) is 0 Å². The highest BCUT2D eigenvalue weighted by Gasteiger charge is 2.32. The van der Waals surface area contributed by atoms with E-state index in [-0.39, 0.29) is 25.2 Å². The van der Waals surface area contributed by atoms with Crippen LogP contribution in [-0.4, -0.2) is 77.9 Å². The number of carboxylic acid groups (broad SMARTS) is 1. The van der Waals surface area contributed by atoms with E-state index in [1.54, 1.807) is 26.2 Å². The third-order valence-electron chi connectivity index (χ3n) is 6.90. The minimum atomic E-state index is -1.28. The Labute approximate surface area is 241 Å². The molecule has 0 aliphatic rings. The molecule has 4 rings (SSSR count). The highest BCUT2D eigenvalue weighted by molar-refractivity contribution is 5.95. The number of fused-ring (bicyclic) bond motifs is 1. The molecule has 4 aromatic rings. The lowest BCUT2D eigenvalue weighted by molar-refractivity contribution is -0.142. The Morgan fingerprint density at radius 2 is 1.48 bits per heavy atom. The van der Waals surface area contributed by atoms with E-state index in [4.69, 9.17) is 5.73 Å². The maximum Gasteiger partial charge on any atom is 0.326 e. The number of nitrogens with two attached hydrogens (primary N) is 1. The van der Waals surface area contributed by atoms with Crippen LogP contribution in [-0.2, 0) is 38.4 Å². The molecule has 0 saturated heterocycles. The van der Waals surface area contributed by atoms with Gasteiger partial charge in [0.1, 0.15) is 18.1 Å². The number of aromatic amines is 3. The second-order valence-corrected chi connectivity index (χ2v) is 10.4. The van der Waals surface area contributed by atoms with Crippen molar-refractivity contribution in [2.75, 3.05) is 0 Å². The first-order valence-corrected chi connectivity index (χ1v) is 13.5. The Bertz CT molecular complexity index is 1500. The third kappa shape index (κ3) is 7.60. The van der Waals surface area contributed by atoms with Gasteiger partial charge in [0, 0.05) is 60.1 Å². The number of carboxylic acids is 1. The van der Waals surface area contributed by atoms with Gasteiger partial charge in [0.15, 0.2) is 0 Å². The van der Waals surface area contributed by atoms with Crippen molar-refractivity contribution in [2.24, 2.45) is 11.7 Å². The Balaban J connectivity index is 1.53. The number of carbonyl (C=O) groups is 4. The number of aliphatic carboxylic acids is 1. The highest BCUT2D eigenvalue weighted by atomic mass is 16.4. The fourth-order valence-electron chi connectivity index (χ4n) is 4.60. The Morgan fingerprint density at radius 1 is 0.833 bits per heavy atom. The molecule has 4 atom stereocenters. The van der Waals surface area contributed by atoms with E-state index in [1.807, 2.05) is 24.3 Å². The molecule has 222 valence electrons. The number of H-pyrrole nitrogens is 3. The molecule has 0 bridgehead atoms.